The number of nitrogens with zero attached hydrogens (tertiary/aromatic N) is 1. The summed E-state index contributed by atoms with van der Waals surface area (Å²) in [6.07, 6.45) is 0. The van der Waals surface area contributed by atoms with Crippen LogP contribution in [0.5, 0.6) is 0 Å². The van der Waals surface area contributed by atoms with Crippen molar-refractivity contribution in [1.82, 2.24) is 10.2 Å². The average Bonchev–Trinajstić information content (AvgIpc) is 2.53. The first-order valence-corrected chi connectivity index (χ1v) is 6.71. The summed E-state index contributed by atoms with van der Waals surface area (Å²) in [5.41, 5.74) is 0.858. The van der Waals surface area contributed by atoms with Crippen molar-refractivity contribution in [2.75, 3.05) is 0 Å². The first kappa shape index (κ1) is 13.4. The van der Waals surface area contributed by atoms with Gasteiger partial charge in [0, 0.05) is 15.5 Å². The van der Waals surface area contributed by atoms with E-state index in [1.165, 1.54) is 0 Å². The predicted octanol–water partition coefficient (Wildman–Crippen LogP) is 3.55. The molecule has 6 heteroatoms. The topological polar surface area (TPSA) is 56.2 Å². The highest BCUT2D eigenvalue weighted by molar-refractivity contribution is 9.10. The van der Waals surface area contributed by atoms with Gasteiger partial charge in [0.2, 0.25) is 0 Å². The van der Waals surface area contributed by atoms with Crippen LogP contribution in [0.3, 0.4) is 0 Å². The highest BCUT2D eigenvalue weighted by Crippen LogP contribution is 2.34. The lowest BCUT2D eigenvalue weighted by Crippen LogP contribution is -2.35. The van der Waals surface area contributed by atoms with E-state index in [1.807, 2.05) is 19.9 Å². The largest absolute Gasteiger partial charge is 0.323 e. The molecule has 0 aromatic heterocycles. The predicted molar refractivity (Wildman–Crippen MR) is 75.1 cm³/mol. The van der Waals surface area contributed by atoms with Gasteiger partial charge in [0.1, 0.15) is 11.9 Å². The van der Waals surface area contributed by atoms with Crippen LogP contribution in [0.2, 0.25) is 5.02 Å². The van der Waals surface area contributed by atoms with E-state index in [1.54, 1.807) is 17.0 Å². The third kappa shape index (κ3) is 2.24. The molecule has 18 heavy (non-hydrogen) atoms. The Hall–Kier alpha value is -1.07. The summed E-state index contributed by atoms with van der Waals surface area (Å²) >= 11 is 9.34. The Morgan fingerprint density at radius 2 is 2.17 bits per heavy atom. The normalized spacial score (nSPS) is 19.6. The van der Waals surface area contributed by atoms with Crippen molar-refractivity contribution in [3.05, 3.63) is 33.3 Å². The summed E-state index contributed by atoms with van der Waals surface area (Å²) in [6, 6.07) is 4.76. The van der Waals surface area contributed by atoms with Crippen LogP contribution in [0.15, 0.2) is 22.7 Å². The van der Waals surface area contributed by atoms with Gasteiger partial charge in [0.25, 0.3) is 0 Å². The molecule has 0 aliphatic carbocycles. The minimum Gasteiger partial charge on any atom is -0.308 e. The highest BCUT2D eigenvalue weighted by Gasteiger charge is 2.39. The molecule has 1 atom stereocenters. The Morgan fingerprint density at radius 1 is 1.50 bits per heavy atom. The van der Waals surface area contributed by atoms with Crippen LogP contribution in [0.4, 0.5) is 4.79 Å². The van der Waals surface area contributed by atoms with Crippen molar-refractivity contribution >= 4 is 39.4 Å². The lowest BCUT2D eigenvalue weighted by Gasteiger charge is -2.27. The van der Waals surface area contributed by atoms with Crippen molar-refractivity contribution in [2.24, 2.45) is 0 Å². The van der Waals surface area contributed by atoms with E-state index >= 15 is 0 Å². The second-order valence-electron chi connectivity index (χ2n) is 4.41. The summed E-state index contributed by atoms with van der Waals surface area (Å²) in [6.45, 7) is 3.85. The number of carbonyl (C=O) groups excluding carboxylic acids is 1. The monoisotopic (exact) mass is 329 g/mol. The smallest absolute Gasteiger partial charge is 0.308 e. The van der Waals surface area contributed by atoms with Gasteiger partial charge in [-0.05, 0) is 31.5 Å². The Labute approximate surface area is 119 Å². The molecule has 2 amide bonds. The first-order chi connectivity index (χ1) is 8.41. The van der Waals surface area contributed by atoms with Crippen molar-refractivity contribution in [2.45, 2.75) is 25.9 Å². The van der Waals surface area contributed by atoms with Crippen LogP contribution < -0.4 is 5.32 Å². The molecule has 0 radical (unpaired) electrons. The molecule has 0 saturated carbocycles. The van der Waals surface area contributed by atoms with Crippen molar-refractivity contribution in [1.29, 1.82) is 5.41 Å². The fourth-order valence-electron chi connectivity index (χ4n) is 2.07. The number of benzene rings is 1. The molecule has 1 aromatic rings. The molecule has 2 rings (SSSR count). The zero-order valence-electron chi connectivity index (χ0n) is 10.00. The molecular weight excluding hydrogens is 318 g/mol. The standard InChI is InChI=1S/C12H13BrClN3O/c1-6(2)17-10(11(15)16-12(17)18)8-4-3-7(14)5-9(8)13/h3-6,10H,1-2H3,(H2,15,16,18). The maximum absolute atomic E-state index is 11.8. The quantitative estimate of drug-likeness (QED) is 0.856. The van der Waals surface area contributed by atoms with E-state index in [-0.39, 0.29) is 24.0 Å². The maximum Gasteiger partial charge on any atom is 0.323 e. The molecule has 1 heterocycles. The van der Waals surface area contributed by atoms with Gasteiger partial charge in [-0.15, -0.1) is 0 Å². The molecule has 4 nitrogen and oxygen atoms in total. The molecule has 1 fully saturated rings. The summed E-state index contributed by atoms with van der Waals surface area (Å²) in [4.78, 5) is 13.5. The molecule has 0 spiro atoms. The van der Waals surface area contributed by atoms with Crippen LogP contribution in [0.1, 0.15) is 25.5 Å². The van der Waals surface area contributed by atoms with E-state index in [9.17, 15) is 4.79 Å². The van der Waals surface area contributed by atoms with E-state index in [0.717, 1.165) is 10.0 Å². The number of carbonyl (C=O) groups is 1. The molecule has 1 aliphatic heterocycles. The van der Waals surface area contributed by atoms with Gasteiger partial charge in [-0.3, -0.25) is 10.7 Å². The lowest BCUT2D eigenvalue weighted by atomic mass is 10.0. The first-order valence-electron chi connectivity index (χ1n) is 5.54. The molecule has 1 saturated heterocycles. The van der Waals surface area contributed by atoms with E-state index < -0.39 is 0 Å². The van der Waals surface area contributed by atoms with Crippen LogP contribution in [-0.4, -0.2) is 22.8 Å². The van der Waals surface area contributed by atoms with Crippen molar-refractivity contribution in [3.8, 4) is 0 Å². The highest BCUT2D eigenvalue weighted by atomic mass is 79.9. The number of hydrogen-bond acceptors (Lipinski definition) is 2. The zero-order chi connectivity index (χ0) is 13.4. The Morgan fingerprint density at radius 3 is 2.72 bits per heavy atom. The number of rotatable bonds is 2. The maximum atomic E-state index is 11.8. The van der Waals surface area contributed by atoms with E-state index in [2.05, 4.69) is 21.2 Å². The van der Waals surface area contributed by atoms with Crippen LogP contribution in [-0.2, 0) is 0 Å². The van der Waals surface area contributed by atoms with E-state index in [0.29, 0.717) is 5.02 Å². The van der Waals surface area contributed by atoms with Crippen LogP contribution >= 0.6 is 27.5 Å². The molecule has 0 bridgehead atoms. The van der Waals surface area contributed by atoms with Crippen LogP contribution in [0, 0.1) is 5.41 Å². The van der Waals surface area contributed by atoms with Crippen molar-refractivity contribution in [3.63, 3.8) is 0 Å². The third-order valence-electron chi connectivity index (χ3n) is 2.84. The number of amidine groups is 1. The van der Waals surface area contributed by atoms with Gasteiger partial charge in [-0.2, -0.15) is 0 Å². The average molecular weight is 331 g/mol. The summed E-state index contributed by atoms with van der Waals surface area (Å²) in [5, 5.41) is 11.1. The summed E-state index contributed by atoms with van der Waals surface area (Å²) in [5.74, 6) is 0.191. The zero-order valence-corrected chi connectivity index (χ0v) is 12.3. The molecule has 1 aliphatic rings. The molecule has 1 aromatic carbocycles. The Bertz CT molecular complexity index is 518. The number of urea groups is 1. The molecule has 96 valence electrons. The van der Waals surface area contributed by atoms with Gasteiger partial charge in [0.05, 0.1) is 0 Å². The van der Waals surface area contributed by atoms with Gasteiger partial charge in [-0.25, -0.2) is 4.79 Å². The Kier molecular flexibility index (Phi) is 3.64. The van der Waals surface area contributed by atoms with Crippen LogP contribution in [0.25, 0.3) is 0 Å². The number of halogens is 2. The second-order valence-corrected chi connectivity index (χ2v) is 5.70. The van der Waals surface area contributed by atoms with Gasteiger partial charge in [0.15, 0.2) is 0 Å². The fraction of sp³-hybridized carbons (Fsp3) is 0.333. The lowest BCUT2D eigenvalue weighted by molar-refractivity contribution is 0.190. The van der Waals surface area contributed by atoms with Gasteiger partial charge in [-0.1, -0.05) is 33.6 Å². The molecule has 2 N–H and O–H groups in total. The summed E-state index contributed by atoms with van der Waals surface area (Å²) < 4.78 is 0.798. The minimum atomic E-state index is -0.385. The molecular formula is C12H13BrClN3O. The summed E-state index contributed by atoms with van der Waals surface area (Å²) in [7, 11) is 0. The van der Waals surface area contributed by atoms with Gasteiger partial charge >= 0.3 is 6.03 Å². The number of nitrogens with one attached hydrogen (secondary N) is 2. The number of amides is 2. The molecule has 1 unspecified atom stereocenters. The number of hydrogen-bond donors (Lipinski definition) is 2. The van der Waals surface area contributed by atoms with E-state index in [4.69, 9.17) is 17.0 Å². The second kappa shape index (κ2) is 4.90. The van der Waals surface area contributed by atoms with Crippen molar-refractivity contribution < 1.29 is 4.79 Å². The van der Waals surface area contributed by atoms with Gasteiger partial charge < -0.3 is 4.90 Å². The fourth-order valence-corrected chi connectivity index (χ4v) is 2.97. The Balaban J connectivity index is 2.47. The SMILES string of the molecule is CC(C)N1C(=O)NC(=N)C1c1ccc(Cl)cc1Br. The minimum absolute atomic E-state index is 0.0143. The third-order valence-corrected chi connectivity index (χ3v) is 3.76.